The second kappa shape index (κ2) is 13.4. The van der Waals surface area contributed by atoms with E-state index in [1.165, 1.54) is 75.3 Å². The molecule has 1 aromatic rings. The number of benzene rings is 1. The molecule has 0 atom stereocenters. The van der Waals surface area contributed by atoms with Crippen molar-refractivity contribution in [1.82, 2.24) is 0 Å². The second-order valence-electron chi connectivity index (χ2n) is 8.10. The van der Waals surface area contributed by atoms with Crippen LogP contribution in [0.2, 0.25) is 0 Å². The zero-order valence-corrected chi connectivity index (χ0v) is 17.6. The summed E-state index contributed by atoms with van der Waals surface area (Å²) in [7, 11) is 0. The summed E-state index contributed by atoms with van der Waals surface area (Å²) in [5.41, 5.74) is 2.64. The van der Waals surface area contributed by atoms with Gasteiger partial charge in [-0.3, -0.25) is 0 Å². The van der Waals surface area contributed by atoms with Gasteiger partial charge in [0, 0.05) is 0 Å². The molecule has 0 heteroatoms. The highest BCUT2D eigenvalue weighted by Crippen LogP contribution is 2.32. The zero-order chi connectivity index (χ0) is 19.2. The standard InChI is InChI=1S/C27H38/c1-3-5-6-9-13-25-20-22-27(23-21-25)15-11-8-7-10-14-26-18-16-24(12-4-2)17-19-26/h10-11,14-19,25,27H,3-6,9,12-13,20-23H2,1-2H3/b14-10+,15-11+/t25-,27-. The summed E-state index contributed by atoms with van der Waals surface area (Å²) in [4.78, 5) is 0. The monoisotopic (exact) mass is 362 g/mol. The Morgan fingerprint density at radius 2 is 1.59 bits per heavy atom. The molecule has 0 heterocycles. The molecule has 27 heavy (non-hydrogen) atoms. The third kappa shape index (κ3) is 9.14. The van der Waals surface area contributed by atoms with Gasteiger partial charge in [0.2, 0.25) is 0 Å². The van der Waals surface area contributed by atoms with Crippen LogP contribution in [0.25, 0.3) is 6.08 Å². The number of allylic oxidation sites excluding steroid dienone is 3. The Morgan fingerprint density at radius 3 is 2.30 bits per heavy atom. The van der Waals surface area contributed by atoms with Crippen molar-refractivity contribution in [2.45, 2.75) is 84.5 Å². The summed E-state index contributed by atoms with van der Waals surface area (Å²) in [6.07, 6.45) is 23.5. The van der Waals surface area contributed by atoms with Crippen molar-refractivity contribution in [3.63, 3.8) is 0 Å². The quantitative estimate of drug-likeness (QED) is 0.308. The highest BCUT2D eigenvalue weighted by atomic mass is 14.2. The summed E-state index contributed by atoms with van der Waals surface area (Å²) in [5.74, 6) is 8.06. The number of aryl methyl sites for hydroxylation is 1. The van der Waals surface area contributed by atoms with Crippen LogP contribution in [0.15, 0.2) is 42.5 Å². The summed E-state index contributed by atoms with van der Waals surface area (Å²) in [6, 6.07) is 8.80. The lowest BCUT2D eigenvalue weighted by Gasteiger charge is -2.26. The summed E-state index contributed by atoms with van der Waals surface area (Å²) >= 11 is 0. The van der Waals surface area contributed by atoms with Crippen molar-refractivity contribution >= 4 is 6.08 Å². The Balaban J connectivity index is 1.65. The molecule has 0 nitrogen and oxygen atoms in total. The van der Waals surface area contributed by atoms with E-state index in [0.717, 1.165) is 18.3 Å². The van der Waals surface area contributed by atoms with E-state index in [2.05, 4.69) is 68.2 Å². The SMILES string of the molecule is CCCCCC[C@H]1CC[C@H](/C=C/C#C/C=C/c2ccc(CCC)cc2)CC1. The van der Waals surface area contributed by atoms with Crippen LogP contribution in [0.1, 0.15) is 89.2 Å². The first-order valence-corrected chi connectivity index (χ1v) is 11.2. The molecular formula is C27H38. The molecule has 1 aromatic carbocycles. The molecule has 0 amide bonds. The van der Waals surface area contributed by atoms with Crippen molar-refractivity contribution in [3.8, 4) is 11.8 Å². The maximum Gasteiger partial charge on any atom is -0.0109 e. The molecular weight excluding hydrogens is 324 g/mol. The van der Waals surface area contributed by atoms with Crippen molar-refractivity contribution in [1.29, 1.82) is 0 Å². The van der Waals surface area contributed by atoms with E-state index in [1.54, 1.807) is 0 Å². The Kier molecular flexibility index (Phi) is 10.7. The van der Waals surface area contributed by atoms with Crippen LogP contribution < -0.4 is 0 Å². The van der Waals surface area contributed by atoms with Crippen molar-refractivity contribution in [2.75, 3.05) is 0 Å². The molecule has 0 aliphatic heterocycles. The number of rotatable bonds is 9. The van der Waals surface area contributed by atoms with Gasteiger partial charge in [-0.2, -0.15) is 0 Å². The minimum absolute atomic E-state index is 0.751. The fraction of sp³-hybridized carbons (Fsp3) is 0.556. The lowest BCUT2D eigenvalue weighted by Crippen LogP contribution is -2.12. The molecule has 0 saturated heterocycles. The van der Waals surface area contributed by atoms with Crippen LogP contribution in [-0.4, -0.2) is 0 Å². The molecule has 0 radical (unpaired) electrons. The van der Waals surface area contributed by atoms with Gasteiger partial charge in [0.25, 0.3) is 0 Å². The van der Waals surface area contributed by atoms with Gasteiger partial charge < -0.3 is 0 Å². The zero-order valence-electron chi connectivity index (χ0n) is 17.6. The Labute approximate surface area is 168 Å². The van der Waals surface area contributed by atoms with Gasteiger partial charge in [0.1, 0.15) is 0 Å². The van der Waals surface area contributed by atoms with Gasteiger partial charge >= 0.3 is 0 Å². The maximum absolute atomic E-state index is 3.18. The molecule has 1 aliphatic carbocycles. The lowest BCUT2D eigenvalue weighted by atomic mass is 9.79. The lowest BCUT2D eigenvalue weighted by molar-refractivity contribution is 0.289. The molecule has 146 valence electrons. The van der Waals surface area contributed by atoms with Gasteiger partial charge in [-0.1, -0.05) is 94.6 Å². The molecule has 1 aliphatic rings. The average molecular weight is 363 g/mol. The molecule has 0 unspecified atom stereocenters. The fourth-order valence-corrected chi connectivity index (χ4v) is 4.03. The van der Waals surface area contributed by atoms with Gasteiger partial charge in [-0.05, 0) is 73.3 Å². The first-order valence-electron chi connectivity index (χ1n) is 11.2. The van der Waals surface area contributed by atoms with E-state index in [4.69, 9.17) is 0 Å². The fourth-order valence-electron chi connectivity index (χ4n) is 4.03. The van der Waals surface area contributed by atoms with E-state index >= 15 is 0 Å². The largest absolute Gasteiger partial charge is 0.0730 e. The van der Waals surface area contributed by atoms with Gasteiger partial charge in [0.05, 0.1) is 0 Å². The Morgan fingerprint density at radius 1 is 0.852 bits per heavy atom. The maximum atomic E-state index is 3.18. The normalized spacial score (nSPS) is 20.1. The smallest absolute Gasteiger partial charge is 0.0109 e. The molecule has 0 spiro atoms. The van der Waals surface area contributed by atoms with Crippen LogP contribution >= 0.6 is 0 Å². The number of hydrogen-bond acceptors (Lipinski definition) is 0. The van der Waals surface area contributed by atoms with E-state index in [0.29, 0.717) is 0 Å². The van der Waals surface area contributed by atoms with Crippen LogP contribution in [0.5, 0.6) is 0 Å². The van der Waals surface area contributed by atoms with Crippen molar-refractivity contribution < 1.29 is 0 Å². The highest BCUT2D eigenvalue weighted by molar-refractivity contribution is 5.53. The molecule has 0 bridgehead atoms. The van der Waals surface area contributed by atoms with E-state index in [-0.39, 0.29) is 0 Å². The van der Waals surface area contributed by atoms with Gasteiger partial charge in [-0.25, -0.2) is 0 Å². The summed E-state index contributed by atoms with van der Waals surface area (Å²) in [6.45, 7) is 4.51. The van der Waals surface area contributed by atoms with Gasteiger partial charge in [-0.15, -0.1) is 0 Å². The number of unbranched alkanes of at least 4 members (excludes halogenated alkanes) is 3. The molecule has 1 saturated carbocycles. The molecule has 0 N–H and O–H groups in total. The van der Waals surface area contributed by atoms with E-state index < -0.39 is 0 Å². The minimum atomic E-state index is 0.751. The Bertz CT molecular complexity index is 612. The van der Waals surface area contributed by atoms with Crippen molar-refractivity contribution in [3.05, 3.63) is 53.6 Å². The third-order valence-corrected chi connectivity index (χ3v) is 5.77. The van der Waals surface area contributed by atoms with Crippen LogP contribution in [0.3, 0.4) is 0 Å². The summed E-state index contributed by atoms with van der Waals surface area (Å²) in [5, 5.41) is 0. The van der Waals surface area contributed by atoms with Crippen molar-refractivity contribution in [2.24, 2.45) is 11.8 Å². The first-order chi connectivity index (χ1) is 13.3. The molecule has 0 aromatic heterocycles. The third-order valence-electron chi connectivity index (χ3n) is 5.77. The average Bonchev–Trinajstić information content (AvgIpc) is 2.70. The molecule has 1 fully saturated rings. The Hall–Kier alpha value is -1.74. The predicted octanol–water partition coefficient (Wildman–Crippen LogP) is 7.99. The first kappa shape index (κ1) is 21.6. The van der Waals surface area contributed by atoms with Crippen LogP contribution in [0, 0.1) is 23.7 Å². The highest BCUT2D eigenvalue weighted by Gasteiger charge is 2.18. The number of hydrogen-bond donors (Lipinski definition) is 0. The predicted molar refractivity (Wildman–Crippen MR) is 121 cm³/mol. The van der Waals surface area contributed by atoms with Gasteiger partial charge in [0.15, 0.2) is 0 Å². The summed E-state index contributed by atoms with van der Waals surface area (Å²) < 4.78 is 0. The van der Waals surface area contributed by atoms with Crippen LogP contribution in [0.4, 0.5) is 0 Å². The topological polar surface area (TPSA) is 0 Å². The van der Waals surface area contributed by atoms with Crippen LogP contribution in [-0.2, 0) is 6.42 Å². The second-order valence-corrected chi connectivity index (χ2v) is 8.10. The minimum Gasteiger partial charge on any atom is -0.0730 e. The van der Waals surface area contributed by atoms with E-state index in [1.807, 2.05) is 6.08 Å². The molecule has 2 rings (SSSR count). The van der Waals surface area contributed by atoms with E-state index in [9.17, 15) is 0 Å².